The van der Waals surface area contributed by atoms with Crippen molar-refractivity contribution in [3.8, 4) is 0 Å². The molecule has 6 nitrogen and oxygen atoms in total. The molecule has 2 rings (SSSR count). The molecule has 1 aromatic carbocycles. The third-order valence-electron chi connectivity index (χ3n) is 3.56. The first-order valence-electron chi connectivity index (χ1n) is 8.24. The number of ketones is 1. The summed E-state index contributed by atoms with van der Waals surface area (Å²) in [5.74, 6) is -4.58. The number of esters is 1. The van der Waals surface area contributed by atoms with Gasteiger partial charge < -0.3 is 15.2 Å². The average molecular weight is 502 g/mol. The minimum absolute atomic E-state index is 0.0107. The van der Waals surface area contributed by atoms with Crippen LogP contribution in [0.15, 0.2) is 48.3 Å². The third-order valence-corrected chi connectivity index (χ3v) is 4.19. The molecule has 0 spiro atoms. The largest absolute Gasteiger partial charge is 0.462 e. The summed E-state index contributed by atoms with van der Waals surface area (Å²) in [5, 5.41) is 12.7. The maximum atomic E-state index is 14.1. The number of halogens is 3. The SMILES string of the molecule is CCOC(=O)C(=CNCC(O)c1ccccn1)C(=O)c1cc(I)cc(F)c1F. The minimum atomic E-state index is -1.35. The van der Waals surface area contributed by atoms with Gasteiger partial charge in [-0.05, 0) is 53.8 Å². The van der Waals surface area contributed by atoms with Crippen molar-refractivity contribution in [2.45, 2.75) is 13.0 Å². The van der Waals surface area contributed by atoms with Crippen molar-refractivity contribution in [3.05, 3.63) is 74.8 Å². The second-order valence-electron chi connectivity index (χ2n) is 5.54. The minimum Gasteiger partial charge on any atom is -0.462 e. The van der Waals surface area contributed by atoms with Gasteiger partial charge in [-0.15, -0.1) is 0 Å². The number of carbonyl (C=O) groups excluding carboxylic acids is 2. The van der Waals surface area contributed by atoms with Crippen molar-refractivity contribution >= 4 is 34.3 Å². The third kappa shape index (κ3) is 5.55. The van der Waals surface area contributed by atoms with Crippen molar-refractivity contribution in [2.75, 3.05) is 13.2 Å². The maximum Gasteiger partial charge on any atom is 0.343 e. The second-order valence-corrected chi connectivity index (χ2v) is 6.78. The molecule has 0 bridgehead atoms. The van der Waals surface area contributed by atoms with E-state index in [1.165, 1.54) is 6.20 Å². The van der Waals surface area contributed by atoms with Crippen LogP contribution in [0.1, 0.15) is 29.1 Å². The van der Waals surface area contributed by atoms with Crippen molar-refractivity contribution in [2.24, 2.45) is 0 Å². The molecule has 0 amide bonds. The zero-order chi connectivity index (χ0) is 20.7. The molecule has 0 saturated carbocycles. The lowest BCUT2D eigenvalue weighted by atomic mass is 10.0. The van der Waals surface area contributed by atoms with Gasteiger partial charge in [0.2, 0.25) is 5.78 Å². The van der Waals surface area contributed by atoms with Gasteiger partial charge >= 0.3 is 5.97 Å². The Labute approximate surface area is 173 Å². The number of nitrogens with zero attached hydrogens (tertiary/aromatic N) is 1. The molecular weight excluding hydrogens is 485 g/mol. The smallest absolute Gasteiger partial charge is 0.343 e. The van der Waals surface area contributed by atoms with E-state index < -0.39 is 40.6 Å². The highest BCUT2D eigenvalue weighted by Gasteiger charge is 2.26. The molecule has 0 saturated heterocycles. The van der Waals surface area contributed by atoms with Gasteiger partial charge in [-0.3, -0.25) is 9.78 Å². The number of rotatable bonds is 8. The molecule has 0 aliphatic heterocycles. The summed E-state index contributed by atoms with van der Waals surface area (Å²) in [6.45, 7) is 1.46. The lowest BCUT2D eigenvalue weighted by molar-refractivity contribution is -0.138. The highest BCUT2D eigenvalue weighted by molar-refractivity contribution is 14.1. The van der Waals surface area contributed by atoms with E-state index >= 15 is 0 Å². The number of Topliss-reactive ketones (excluding diaryl/α,β-unsaturated/α-hetero) is 1. The van der Waals surface area contributed by atoms with Crippen molar-refractivity contribution in [1.29, 1.82) is 0 Å². The fourth-order valence-electron chi connectivity index (χ4n) is 2.24. The Morgan fingerprint density at radius 3 is 2.75 bits per heavy atom. The first-order chi connectivity index (χ1) is 13.3. The van der Waals surface area contributed by atoms with Crippen LogP contribution in [0.2, 0.25) is 0 Å². The van der Waals surface area contributed by atoms with Gasteiger partial charge in [-0.25, -0.2) is 13.6 Å². The Hall–Kier alpha value is -2.40. The maximum absolute atomic E-state index is 14.1. The van der Waals surface area contributed by atoms with Gasteiger partial charge in [-0.2, -0.15) is 0 Å². The molecule has 0 fully saturated rings. The summed E-state index contributed by atoms with van der Waals surface area (Å²) < 4.78 is 32.8. The van der Waals surface area contributed by atoms with E-state index in [0.29, 0.717) is 9.26 Å². The van der Waals surface area contributed by atoms with E-state index in [-0.39, 0.29) is 13.2 Å². The van der Waals surface area contributed by atoms with Crippen molar-refractivity contribution < 1.29 is 28.2 Å². The number of aromatic nitrogens is 1. The number of hydrogen-bond donors (Lipinski definition) is 2. The lowest BCUT2D eigenvalue weighted by Gasteiger charge is -2.12. The standard InChI is InChI=1S/C19H17F2IN2O4/c1-2-28-19(27)13(9-23-10-16(25)15-5-3-4-6-24-15)18(26)12-7-11(22)8-14(20)17(12)21/h3-9,16,23,25H,2,10H2,1H3. The molecule has 1 heterocycles. The Balaban J connectivity index is 2.25. The number of nitrogens with one attached hydrogen (secondary N) is 1. The first-order valence-corrected chi connectivity index (χ1v) is 9.32. The van der Waals surface area contributed by atoms with Crippen LogP contribution in [-0.2, 0) is 9.53 Å². The molecule has 1 unspecified atom stereocenters. The predicted molar refractivity (Wildman–Crippen MR) is 105 cm³/mol. The fraction of sp³-hybridized carbons (Fsp3) is 0.211. The quantitative estimate of drug-likeness (QED) is 0.110. The highest BCUT2D eigenvalue weighted by Crippen LogP contribution is 2.20. The molecule has 148 valence electrons. The van der Waals surface area contributed by atoms with Crippen molar-refractivity contribution in [1.82, 2.24) is 10.3 Å². The van der Waals surface area contributed by atoms with E-state index in [2.05, 4.69) is 10.3 Å². The first kappa shape index (κ1) is 21.9. The molecule has 1 aromatic heterocycles. The van der Waals surface area contributed by atoms with Crippen LogP contribution < -0.4 is 5.32 Å². The number of ether oxygens (including phenoxy) is 1. The predicted octanol–water partition coefficient (Wildman–Crippen LogP) is 2.92. The van der Waals surface area contributed by atoms with E-state index in [1.54, 1.807) is 47.7 Å². The van der Waals surface area contributed by atoms with Crippen LogP contribution in [-0.4, -0.2) is 35.0 Å². The summed E-state index contributed by atoms with van der Waals surface area (Å²) in [5.41, 5.74) is -0.718. The summed E-state index contributed by atoms with van der Waals surface area (Å²) in [6, 6.07) is 7.07. The molecule has 1 atom stereocenters. The number of aliphatic hydroxyl groups excluding tert-OH is 1. The second kappa shape index (κ2) is 10.2. The molecule has 2 aromatic rings. The van der Waals surface area contributed by atoms with Gasteiger partial charge in [-0.1, -0.05) is 6.07 Å². The topological polar surface area (TPSA) is 88.5 Å². The fourth-order valence-corrected chi connectivity index (χ4v) is 2.83. The molecule has 2 N–H and O–H groups in total. The van der Waals surface area contributed by atoms with Crippen LogP contribution in [0.5, 0.6) is 0 Å². The summed E-state index contributed by atoms with van der Waals surface area (Å²) in [6.07, 6.45) is 1.52. The summed E-state index contributed by atoms with van der Waals surface area (Å²) in [7, 11) is 0. The number of pyridine rings is 1. The van der Waals surface area contributed by atoms with E-state index in [1.807, 2.05) is 0 Å². The average Bonchev–Trinajstić information content (AvgIpc) is 2.68. The Morgan fingerprint density at radius 1 is 1.36 bits per heavy atom. The van der Waals surface area contributed by atoms with Crippen LogP contribution in [0, 0.1) is 15.2 Å². The lowest BCUT2D eigenvalue weighted by Crippen LogP contribution is -2.23. The molecule has 9 heteroatoms. The van der Waals surface area contributed by atoms with Gasteiger partial charge in [0.15, 0.2) is 11.6 Å². The van der Waals surface area contributed by atoms with Crippen LogP contribution in [0.4, 0.5) is 8.78 Å². The zero-order valence-corrected chi connectivity index (χ0v) is 16.9. The zero-order valence-electron chi connectivity index (χ0n) is 14.8. The Kier molecular flexibility index (Phi) is 8.00. The Morgan fingerprint density at radius 2 is 2.11 bits per heavy atom. The van der Waals surface area contributed by atoms with E-state index in [0.717, 1.165) is 18.3 Å². The molecule has 0 aliphatic carbocycles. The van der Waals surface area contributed by atoms with Crippen LogP contribution in [0.3, 0.4) is 0 Å². The highest BCUT2D eigenvalue weighted by atomic mass is 127. The number of aliphatic hydroxyl groups is 1. The number of benzene rings is 1. The molecule has 0 aliphatic rings. The summed E-state index contributed by atoms with van der Waals surface area (Å²) in [4.78, 5) is 28.8. The number of hydrogen-bond acceptors (Lipinski definition) is 6. The van der Waals surface area contributed by atoms with Gasteiger partial charge in [0.1, 0.15) is 11.7 Å². The molecular formula is C19H17F2IN2O4. The van der Waals surface area contributed by atoms with E-state index in [9.17, 15) is 23.5 Å². The number of carbonyl (C=O) groups is 2. The normalized spacial score (nSPS) is 12.4. The summed E-state index contributed by atoms with van der Waals surface area (Å²) >= 11 is 1.73. The molecule has 28 heavy (non-hydrogen) atoms. The van der Waals surface area contributed by atoms with Crippen LogP contribution >= 0.6 is 22.6 Å². The Bertz CT molecular complexity index is 891. The van der Waals surface area contributed by atoms with E-state index in [4.69, 9.17) is 4.74 Å². The monoisotopic (exact) mass is 502 g/mol. The van der Waals surface area contributed by atoms with Gasteiger partial charge in [0.25, 0.3) is 0 Å². The van der Waals surface area contributed by atoms with Crippen LogP contribution in [0.25, 0.3) is 0 Å². The van der Waals surface area contributed by atoms with Gasteiger partial charge in [0.05, 0.1) is 17.9 Å². The molecule has 0 radical (unpaired) electrons. The van der Waals surface area contributed by atoms with Gasteiger partial charge in [0, 0.05) is 22.5 Å². The van der Waals surface area contributed by atoms with Crippen molar-refractivity contribution in [3.63, 3.8) is 0 Å².